The predicted octanol–water partition coefficient (Wildman–Crippen LogP) is 3.66. The van der Waals surface area contributed by atoms with E-state index in [0.29, 0.717) is 17.5 Å². The number of sulfonamides is 1. The first kappa shape index (κ1) is 28.3. The number of benzene rings is 2. The summed E-state index contributed by atoms with van der Waals surface area (Å²) in [4.78, 5) is 40.2. The Morgan fingerprint density at radius 2 is 1.73 bits per heavy atom. The van der Waals surface area contributed by atoms with E-state index in [1.54, 1.807) is 19.1 Å². The lowest BCUT2D eigenvalue weighted by Crippen LogP contribution is -2.53. The zero-order valence-electron chi connectivity index (χ0n) is 21.4. The summed E-state index contributed by atoms with van der Waals surface area (Å²) >= 11 is 0. The topological polar surface area (TPSA) is 104 Å². The predicted molar refractivity (Wildman–Crippen MR) is 140 cm³/mol. The van der Waals surface area contributed by atoms with Gasteiger partial charge >= 0.3 is 0 Å². The van der Waals surface area contributed by atoms with Crippen LogP contribution in [0.1, 0.15) is 61.9 Å². The molecule has 0 bridgehead atoms. The van der Waals surface area contributed by atoms with E-state index >= 15 is 0 Å². The van der Waals surface area contributed by atoms with Crippen molar-refractivity contribution >= 4 is 33.3 Å². The van der Waals surface area contributed by atoms with E-state index in [-0.39, 0.29) is 30.0 Å². The van der Waals surface area contributed by atoms with Crippen LogP contribution in [-0.4, -0.2) is 55.8 Å². The molecule has 3 rings (SSSR count). The summed E-state index contributed by atoms with van der Waals surface area (Å²) < 4.78 is 39.9. The standard InChI is InChI=1S/C27H34FN3O5S/c1-4-25(27(34)29-23-9-5-6-10-23)30(17-20-12-14-22(28)15-13-20)26(33)18-31(37(3,35)36)24-11-7-8-21(16-24)19(2)32/h7-8,11-16,23,25H,4-6,9-10,17-18H2,1-3H3,(H,29,34). The molecule has 2 aromatic carbocycles. The van der Waals surface area contributed by atoms with Crippen molar-refractivity contribution in [3.8, 4) is 0 Å². The second-order valence-corrected chi connectivity index (χ2v) is 11.3. The fourth-order valence-electron chi connectivity index (χ4n) is 4.57. The Balaban J connectivity index is 1.94. The Kier molecular flexibility index (Phi) is 9.42. The van der Waals surface area contributed by atoms with E-state index in [1.807, 2.05) is 0 Å². The molecule has 200 valence electrons. The Labute approximate surface area is 217 Å². The summed E-state index contributed by atoms with van der Waals surface area (Å²) in [6, 6.07) is 10.9. The van der Waals surface area contributed by atoms with Crippen LogP contribution in [0.2, 0.25) is 0 Å². The quantitative estimate of drug-likeness (QED) is 0.446. The third kappa shape index (κ3) is 7.61. The molecule has 1 N–H and O–H groups in total. The molecule has 0 heterocycles. The zero-order chi connectivity index (χ0) is 27.2. The Morgan fingerprint density at radius 3 is 2.30 bits per heavy atom. The van der Waals surface area contributed by atoms with Crippen LogP contribution in [0, 0.1) is 5.82 Å². The van der Waals surface area contributed by atoms with Crippen LogP contribution in [0.15, 0.2) is 48.5 Å². The Hall–Kier alpha value is -3.27. The van der Waals surface area contributed by atoms with Crippen LogP contribution in [0.25, 0.3) is 0 Å². The fraction of sp³-hybridized carbons (Fsp3) is 0.444. The Morgan fingerprint density at radius 1 is 1.08 bits per heavy atom. The lowest BCUT2D eigenvalue weighted by molar-refractivity contribution is -0.140. The molecule has 0 aliphatic heterocycles. The molecule has 1 aliphatic rings. The summed E-state index contributed by atoms with van der Waals surface area (Å²) in [7, 11) is -3.91. The van der Waals surface area contributed by atoms with E-state index in [1.165, 1.54) is 48.2 Å². The van der Waals surface area contributed by atoms with Crippen molar-refractivity contribution in [1.82, 2.24) is 10.2 Å². The largest absolute Gasteiger partial charge is 0.352 e. The van der Waals surface area contributed by atoms with Crippen LogP contribution in [-0.2, 0) is 26.2 Å². The first-order valence-corrected chi connectivity index (χ1v) is 14.3. The number of halogens is 1. The van der Waals surface area contributed by atoms with Crippen LogP contribution in [0.3, 0.4) is 0 Å². The number of hydrogen-bond donors (Lipinski definition) is 1. The first-order valence-electron chi connectivity index (χ1n) is 12.4. The van der Waals surface area contributed by atoms with Crippen molar-refractivity contribution in [3.63, 3.8) is 0 Å². The SMILES string of the molecule is CCC(C(=O)NC1CCCC1)N(Cc1ccc(F)cc1)C(=O)CN(c1cccc(C(C)=O)c1)S(C)(=O)=O. The molecular weight excluding hydrogens is 497 g/mol. The number of carbonyl (C=O) groups is 3. The third-order valence-corrected chi connectivity index (χ3v) is 7.71. The van der Waals surface area contributed by atoms with E-state index in [2.05, 4.69) is 5.32 Å². The van der Waals surface area contributed by atoms with Gasteiger partial charge in [-0.3, -0.25) is 18.7 Å². The molecule has 1 unspecified atom stereocenters. The van der Waals surface area contributed by atoms with E-state index in [9.17, 15) is 27.2 Å². The number of rotatable bonds is 11. The minimum absolute atomic E-state index is 0.000788. The van der Waals surface area contributed by atoms with E-state index in [4.69, 9.17) is 0 Å². The van der Waals surface area contributed by atoms with Crippen LogP contribution in [0.4, 0.5) is 10.1 Å². The number of nitrogens with one attached hydrogen (secondary N) is 1. The highest BCUT2D eigenvalue weighted by Gasteiger charge is 2.33. The van der Waals surface area contributed by atoms with Crippen LogP contribution >= 0.6 is 0 Å². The highest BCUT2D eigenvalue weighted by atomic mass is 32.2. The molecule has 2 aromatic rings. The minimum Gasteiger partial charge on any atom is -0.352 e. The number of hydrogen-bond acceptors (Lipinski definition) is 5. The monoisotopic (exact) mass is 531 g/mol. The number of Topliss-reactive ketones (excluding diaryl/α,β-unsaturated/α-hetero) is 1. The molecular formula is C27H34FN3O5S. The molecule has 1 aliphatic carbocycles. The number of carbonyl (C=O) groups excluding carboxylic acids is 3. The number of amides is 2. The summed E-state index contributed by atoms with van der Waals surface area (Å²) in [5.41, 5.74) is 1.09. The van der Waals surface area contributed by atoms with Gasteiger partial charge in [0, 0.05) is 18.2 Å². The van der Waals surface area contributed by atoms with Gasteiger partial charge in [-0.25, -0.2) is 12.8 Å². The molecule has 1 fully saturated rings. The van der Waals surface area contributed by atoms with Crippen molar-refractivity contribution < 1.29 is 27.2 Å². The molecule has 8 nitrogen and oxygen atoms in total. The molecule has 37 heavy (non-hydrogen) atoms. The van der Waals surface area contributed by atoms with Gasteiger partial charge < -0.3 is 10.2 Å². The van der Waals surface area contributed by atoms with Crippen molar-refractivity contribution in [3.05, 3.63) is 65.5 Å². The van der Waals surface area contributed by atoms with Gasteiger partial charge in [-0.1, -0.05) is 44.0 Å². The molecule has 0 saturated heterocycles. The average molecular weight is 532 g/mol. The van der Waals surface area contributed by atoms with Crippen LogP contribution in [0.5, 0.6) is 0 Å². The maximum Gasteiger partial charge on any atom is 0.244 e. The molecule has 1 atom stereocenters. The van der Waals surface area contributed by atoms with Crippen molar-refractivity contribution in [2.24, 2.45) is 0 Å². The average Bonchev–Trinajstić information content (AvgIpc) is 3.35. The third-order valence-electron chi connectivity index (χ3n) is 6.57. The molecule has 0 spiro atoms. The molecule has 0 aromatic heterocycles. The lowest BCUT2D eigenvalue weighted by atomic mass is 10.1. The summed E-state index contributed by atoms with van der Waals surface area (Å²) in [6.07, 6.45) is 5.11. The number of anilines is 1. The van der Waals surface area contributed by atoms with E-state index < -0.39 is 34.3 Å². The van der Waals surface area contributed by atoms with E-state index in [0.717, 1.165) is 36.2 Å². The highest BCUT2D eigenvalue weighted by Crippen LogP contribution is 2.22. The van der Waals surface area contributed by atoms with Crippen LogP contribution < -0.4 is 9.62 Å². The van der Waals surface area contributed by atoms with Gasteiger partial charge in [-0.15, -0.1) is 0 Å². The van der Waals surface area contributed by atoms with Gasteiger partial charge in [-0.05, 0) is 56.0 Å². The van der Waals surface area contributed by atoms with Crippen molar-refractivity contribution in [1.29, 1.82) is 0 Å². The maximum absolute atomic E-state index is 13.7. The van der Waals surface area contributed by atoms with Crippen molar-refractivity contribution in [2.75, 3.05) is 17.1 Å². The summed E-state index contributed by atoms with van der Waals surface area (Å²) in [6.45, 7) is 2.60. The summed E-state index contributed by atoms with van der Waals surface area (Å²) in [5.74, 6) is -1.55. The summed E-state index contributed by atoms with van der Waals surface area (Å²) in [5, 5.41) is 3.03. The first-order chi connectivity index (χ1) is 17.5. The number of nitrogens with zero attached hydrogens (tertiary/aromatic N) is 2. The Bertz CT molecular complexity index is 1230. The smallest absolute Gasteiger partial charge is 0.244 e. The van der Waals surface area contributed by atoms with Gasteiger partial charge in [0.15, 0.2) is 5.78 Å². The second-order valence-electron chi connectivity index (χ2n) is 9.44. The normalized spacial score (nSPS) is 14.7. The fourth-order valence-corrected chi connectivity index (χ4v) is 5.41. The van der Waals surface area contributed by atoms with Gasteiger partial charge in [0.05, 0.1) is 11.9 Å². The highest BCUT2D eigenvalue weighted by molar-refractivity contribution is 7.92. The lowest BCUT2D eigenvalue weighted by Gasteiger charge is -2.33. The van der Waals surface area contributed by atoms with Gasteiger partial charge in [-0.2, -0.15) is 0 Å². The zero-order valence-corrected chi connectivity index (χ0v) is 22.3. The molecule has 1 saturated carbocycles. The maximum atomic E-state index is 13.7. The molecule has 2 amide bonds. The molecule has 10 heteroatoms. The van der Waals surface area contributed by atoms with Gasteiger partial charge in [0.1, 0.15) is 18.4 Å². The molecule has 0 radical (unpaired) electrons. The van der Waals surface area contributed by atoms with Gasteiger partial charge in [0.2, 0.25) is 21.8 Å². The number of ketones is 1. The van der Waals surface area contributed by atoms with Crippen molar-refractivity contribution in [2.45, 2.75) is 64.6 Å². The van der Waals surface area contributed by atoms with Gasteiger partial charge in [0.25, 0.3) is 0 Å². The second kappa shape index (κ2) is 12.3. The minimum atomic E-state index is -3.91.